The van der Waals surface area contributed by atoms with Gasteiger partial charge in [0.25, 0.3) is 0 Å². The fourth-order valence-corrected chi connectivity index (χ4v) is 0.520. The Morgan fingerprint density at radius 1 is 1.33 bits per heavy atom. The molecule has 0 fully saturated rings. The summed E-state index contributed by atoms with van der Waals surface area (Å²) in [7, 11) is -5.84. The molecule has 0 aromatic carbocycles. The largest absolute Gasteiger partial charge is 0.466 e. The molecule has 0 rings (SSSR count). The SMILES string of the molecule is C[Si](C)(C)C=[N+]=[N-].O=P(O)(O)O. The van der Waals surface area contributed by atoms with E-state index in [-0.39, 0.29) is 0 Å². The van der Waals surface area contributed by atoms with Gasteiger partial charge in [-0.05, 0) is 0 Å². The summed E-state index contributed by atoms with van der Waals surface area (Å²) in [6.07, 6.45) is 0. The van der Waals surface area contributed by atoms with Crippen LogP contribution < -0.4 is 0 Å². The van der Waals surface area contributed by atoms with E-state index < -0.39 is 15.9 Å². The third kappa shape index (κ3) is 53.6. The molecule has 0 unspecified atom stereocenters. The molecular weight excluding hydrogens is 199 g/mol. The first-order chi connectivity index (χ1) is 5.06. The molecule has 0 heterocycles. The van der Waals surface area contributed by atoms with Crippen LogP contribution in [0, 0.1) is 0 Å². The number of hydrogen-bond donors (Lipinski definition) is 3. The number of hydrogen-bond acceptors (Lipinski definition) is 1. The summed E-state index contributed by atoms with van der Waals surface area (Å²) in [5, 5.41) is 0. The highest BCUT2D eigenvalue weighted by Gasteiger charge is 2.14. The monoisotopic (exact) mass is 212 g/mol. The molecule has 0 atom stereocenters. The molecule has 0 aromatic heterocycles. The van der Waals surface area contributed by atoms with Crippen molar-refractivity contribution in [3.05, 3.63) is 5.53 Å². The maximum absolute atomic E-state index is 8.88. The molecular formula is C4H13N2O4PSi. The summed E-state index contributed by atoms with van der Waals surface area (Å²) in [6.45, 7) is 6.31. The summed E-state index contributed by atoms with van der Waals surface area (Å²) in [5.74, 6) is 1.63. The van der Waals surface area contributed by atoms with Crippen LogP contribution in [0.1, 0.15) is 0 Å². The van der Waals surface area contributed by atoms with Gasteiger partial charge in [-0.1, -0.05) is 19.6 Å². The predicted molar refractivity (Wildman–Crippen MR) is 47.3 cm³/mol. The molecule has 6 nitrogen and oxygen atoms in total. The molecule has 8 heteroatoms. The van der Waals surface area contributed by atoms with Gasteiger partial charge >= 0.3 is 7.82 Å². The Hall–Kier alpha value is -0.293. The fraction of sp³-hybridized carbons (Fsp3) is 0.750. The first-order valence-electron chi connectivity index (χ1n) is 3.03. The van der Waals surface area contributed by atoms with Crippen molar-refractivity contribution in [2.45, 2.75) is 19.6 Å². The van der Waals surface area contributed by atoms with Crippen LogP contribution >= 0.6 is 7.82 Å². The standard InChI is InChI=1S/C4H10N2Si.H3O4P/c1-7(2,3)4-6-5;1-5(2,3)4/h4H,1-3H3;(H3,1,2,3,4). The van der Waals surface area contributed by atoms with Crippen LogP contribution in [0.2, 0.25) is 19.6 Å². The molecule has 12 heavy (non-hydrogen) atoms. The van der Waals surface area contributed by atoms with E-state index in [9.17, 15) is 0 Å². The number of nitrogens with zero attached hydrogens (tertiary/aromatic N) is 2. The molecule has 3 N–H and O–H groups in total. The van der Waals surface area contributed by atoms with Crippen molar-refractivity contribution in [3.8, 4) is 0 Å². The normalized spacial score (nSPS) is 10.8. The Morgan fingerprint density at radius 3 is 1.58 bits per heavy atom. The lowest BCUT2D eigenvalue weighted by Gasteiger charge is -1.95. The van der Waals surface area contributed by atoms with Crippen molar-refractivity contribution in [3.63, 3.8) is 0 Å². The van der Waals surface area contributed by atoms with Crippen LogP contribution in [0.5, 0.6) is 0 Å². The molecule has 0 aromatic rings. The average Bonchev–Trinajstić information content (AvgIpc) is 1.54. The minimum atomic E-state index is -4.64. The highest BCUT2D eigenvalue weighted by molar-refractivity contribution is 7.45. The lowest BCUT2D eigenvalue weighted by atomic mass is 11.7. The minimum absolute atomic E-state index is 1.20. The van der Waals surface area contributed by atoms with Crippen LogP contribution in [0.25, 0.3) is 5.53 Å². The van der Waals surface area contributed by atoms with E-state index in [1.54, 1.807) is 5.84 Å². The Morgan fingerprint density at radius 2 is 1.58 bits per heavy atom. The zero-order valence-corrected chi connectivity index (χ0v) is 9.06. The predicted octanol–water partition coefficient (Wildman–Crippen LogP) is 0.236. The first kappa shape index (κ1) is 14.2. The molecule has 72 valence electrons. The molecule has 0 radical (unpaired) electrons. The van der Waals surface area contributed by atoms with Crippen LogP contribution in [0.3, 0.4) is 0 Å². The maximum Gasteiger partial charge on any atom is 0.466 e. The molecule has 0 bridgehead atoms. The Balaban J connectivity index is 0. The Kier molecular flexibility index (Phi) is 6.37. The zero-order valence-electron chi connectivity index (χ0n) is 7.17. The van der Waals surface area contributed by atoms with Gasteiger partial charge in [0.2, 0.25) is 5.84 Å². The average molecular weight is 212 g/mol. The van der Waals surface area contributed by atoms with Crippen LogP contribution in [-0.2, 0) is 4.57 Å². The summed E-state index contributed by atoms with van der Waals surface area (Å²) in [4.78, 5) is 24.5. The molecule has 0 aliphatic rings. The molecule has 0 amide bonds. The van der Waals surface area contributed by atoms with Crippen LogP contribution in [0.4, 0.5) is 0 Å². The zero-order chi connectivity index (χ0) is 10.4. The Labute approximate surface area is 71.7 Å². The van der Waals surface area contributed by atoms with Crippen molar-refractivity contribution < 1.29 is 24.0 Å². The van der Waals surface area contributed by atoms with E-state index in [4.69, 9.17) is 24.8 Å². The quantitative estimate of drug-likeness (QED) is 0.190. The second-order valence-corrected chi connectivity index (χ2v) is 9.14. The van der Waals surface area contributed by atoms with Gasteiger partial charge in [0.1, 0.15) is 0 Å². The highest BCUT2D eigenvalue weighted by atomic mass is 31.2. The lowest BCUT2D eigenvalue weighted by molar-refractivity contribution is 0.00680. The van der Waals surface area contributed by atoms with Gasteiger partial charge in [0.05, 0.1) is 0 Å². The van der Waals surface area contributed by atoms with Gasteiger partial charge in [-0.2, -0.15) is 4.79 Å². The van der Waals surface area contributed by atoms with Gasteiger partial charge in [0.15, 0.2) is 8.07 Å². The minimum Gasteiger partial charge on any atom is -0.363 e. The van der Waals surface area contributed by atoms with Crippen LogP contribution in [0.15, 0.2) is 0 Å². The fourth-order valence-electron chi connectivity index (χ4n) is 0.173. The third-order valence-corrected chi connectivity index (χ3v) is 1.34. The summed E-state index contributed by atoms with van der Waals surface area (Å²) in [5.41, 5.74) is 8.01. The lowest BCUT2D eigenvalue weighted by Crippen LogP contribution is -2.22. The highest BCUT2D eigenvalue weighted by Crippen LogP contribution is 2.25. The van der Waals surface area contributed by atoms with Crippen LogP contribution in [-0.4, -0.2) is 33.4 Å². The van der Waals surface area contributed by atoms with Crippen molar-refractivity contribution >= 4 is 21.7 Å². The second-order valence-electron chi connectivity index (χ2n) is 3.12. The Bertz CT molecular complexity index is 205. The van der Waals surface area contributed by atoms with Gasteiger partial charge in [-0.25, -0.2) is 4.57 Å². The van der Waals surface area contributed by atoms with Crippen molar-refractivity contribution in [2.75, 3.05) is 0 Å². The molecule has 0 aliphatic carbocycles. The number of rotatable bonds is 1. The topological polar surface area (TPSA) is 114 Å². The molecule has 0 saturated carbocycles. The van der Waals surface area contributed by atoms with Crippen molar-refractivity contribution in [2.24, 2.45) is 0 Å². The third-order valence-electron chi connectivity index (χ3n) is 0.445. The van der Waals surface area contributed by atoms with Gasteiger partial charge < -0.3 is 20.2 Å². The summed E-state index contributed by atoms with van der Waals surface area (Å²) < 4.78 is 8.88. The van der Waals surface area contributed by atoms with Crippen molar-refractivity contribution in [1.82, 2.24) is 0 Å². The number of phosphoric acid groups is 1. The van der Waals surface area contributed by atoms with E-state index in [1.165, 1.54) is 0 Å². The maximum atomic E-state index is 8.88. The molecule has 0 aliphatic heterocycles. The summed E-state index contributed by atoms with van der Waals surface area (Å²) in [6, 6.07) is 0. The van der Waals surface area contributed by atoms with E-state index in [2.05, 4.69) is 24.4 Å². The summed E-state index contributed by atoms with van der Waals surface area (Å²) >= 11 is 0. The van der Waals surface area contributed by atoms with E-state index in [0.29, 0.717) is 0 Å². The van der Waals surface area contributed by atoms with Gasteiger partial charge in [-0.15, -0.1) is 0 Å². The van der Waals surface area contributed by atoms with E-state index in [1.807, 2.05) is 0 Å². The van der Waals surface area contributed by atoms with Gasteiger partial charge in [-0.3, -0.25) is 0 Å². The second kappa shape index (κ2) is 5.37. The van der Waals surface area contributed by atoms with E-state index in [0.717, 1.165) is 0 Å². The van der Waals surface area contributed by atoms with Gasteiger partial charge in [0, 0.05) is 0 Å². The molecule has 0 spiro atoms. The molecule has 0 saturated heterocycles. The smallest absolute Gasteiger partial charge is 0.363 e. The van der Waals surface area contributed by atoms with E-state index >= 15 is 0 Å². The first-order valence-corrected chi connectivity index (χ1v) is 8.17. The van der Waals surface area contributed by atoms with Crippen molar-refractivity contribution in [1.29, 1.82) is 0 Å².